The van der Waals surface area contributed by atoms with Crippen molar-refractivity contribution < 1.29 is 9.84 Å². The predicted molar refractivity (Wildman–Crippen MR) is 69.1 cm³/mol. The van der Waals surface area contributed by atoms with Gasteiger partial charge in [-0.1, -0.05) is 0 Å². The smallest absolute Gasteiger partial charge is 0.139 e. The molecule has 1 atom stereocenters. The molecule has 0 spiro atoms. The molecule has 4 heteroatoms. The van der Waals surface area contributed by atoms with Gasteiger partial charge in [0, 0.05) is 12.1 Å². The highest BCUT2D eigenvalue weighted by atomic mass is 79.9. The maximum atomic E-state index is 10.0. The quantitative estimate of drug-likeness (QED) is 0.893. The van der Waals surface area contributed by atoms with Gasteiger partial charge in [-0.25, -0.2) is 0 Å². The summed E-state index contributed by atoms with van der Waals surface area (Å²) in [6.45, 7) is 4.55. The van der Waals surface area contributed by atoms with Crippen LogP contribution < -0.4 is 10.1 Å². The summed E-state index contributed by atoms with van der Waals surface area (Å²) in [5.74, 6) is 0.714. The Labute approximate surface area is 105 Å². The lowest BCUT2D eigenvalue weighted by Gasteiger charge is -2.18. The molecule has 0 amide bonds. The first-order valence-corrected chi connectivity index (χ1v) is 5.98. The number of methoxy groups -OCH3 is 1. The van der Waals surface area contributed by atoms with Crippen molar-refractivity contribution in [2.75, 3.05) is 20.7 Å². The Morgan fingerprint density at radius 1 is 1.50 bits per heavy atom. The second-order valence-electron chi connectivity index (χ2n) is 3.83. The van der Waals surface area contributed by atoms with Crippen molar-refractivity contribution >= 4 is 15.9 Å². The first-order valence-electron chi connectivity index (χ1n) is 5.19. The predicted octanol–water partition coefficient (Wildman–Crippen LogP) is 2.33. The molecule has 0 fully saturated rings. The Morgan fingerprint density at radius 2 is 2.12 bits per heavy atom. The van der Waals surface area contributed by atoms with E-state index in [-0.39, 0.29) is 0 Å². The minimum Gasteiger partial charge on any atom is -0.495 e. The van der Waals surface area contributed by atoms with Gasteiger partial charge in [-0.15, -0.1) is 0 Å². The van der Waals surface area contributed by atoms with Crippen LogP contribution in [-0.4, -0.2) is 25.8 Å². The van der Waals surface area contributed by atoms with Gasteiger partial charge in [-0.3, -0.25) is 0 Å². The third-order valence-corrected chi connectivity index (χ3v) is 3.67. The van der Waals surface area contributed by atoms with E-state index in [4.69, 9.17) is 4.74 Å². The zero-order chi connectivity index (χ0) is 12.3. The molecule has 1 aromatic carbocycles. The molecule has 16 heavy (non-hydrogen) atoms. The molecule has 0 saturated carbocycles. The Balaban J connectivity index is 3.27. The highest BCUT2D eigenvalue weighted by molar-refractivity contribution is 9.10. The molecule has 1 unspecified atom stereocenters. The van der Waals surface area contributed by atoms with Crippen LogP contribution in [0.2, 0.25) is 0 Å². The lowest BCUT2D eigenvalue weighted by molar-refractivity contribution is 0.173. The fourth-order valence-electron chi connectivity index (χ4n) is 1.64. The molecule has 1 aromatic rings. The maximum Gasteiger partial charge on any atom is 0.139 e. The molecule has 0 aliphatic carbocycles. The first-order chi connectivity index (χ1) is 7.52. The van der Waals surface area contributed by atoms with Crippen LogP contribution in [0.5, 0.6) is 5.75 Å². The van der Waals surface area contributed by atoms with Crippen molar-refractivity contribution in [3.05, 3.63) is 27.2 Å². The lowest BCUT2D eigenvalue weighted by atomic mass is 10.0. The summed E-state index contributed by atoms with van der Waals surface area (Å²) < 4.78 is 6.26. The molecule has 1 rings (SSSR count). The molecule has 2 N–H and O–H groups in total. The summed E-state index contributed by atoms with van der Waals surface area (Å²) in [4.78, 5) is 0. The van der Waals surface area contributed by atoms with E-state index < -0.39 is 6.10 Å². The molecule has 0 aliphatic heterocycles. The number of benzene rings is 1. The second-order valence-corrected chi connectivity index (χ2v) is 4.62. The SMILES string of the molecule is CNCC(O)c1cc(C)c(C)c(Br)c1OC. The molecule has 90 valence electrons. The van der Waals surface area contributed by atoms with Gasteiger partial charge in [-0.05, 0) is 54.0 Å². The molecule has 0 aromatic heterocycles. The first kappa shape index (κ1) is 13.5. The second kappa shape index (κ2) is 5.66. The van der Waals surface area contributed by atoms with Crippen LogP contribution in [0.4, 0.5) is 0 Å². The fourth-order valence-corrected chi connectivity index (χ4v) is 2.34. The largest absolute Gasteiger partial charge is 0.495 e. The summed E-state index contributed by atoms with van der Waals surface area (Å²) in [5, 5.41) is 13.0. The van der Waals surface area contributed by atoms with Gasteiger partial charge in [0.15, 0.2) is 0 Å². The standard InChI is InChI=1S/C12H18BrNO2/c1-7-5-9(10(15)6-14-3)12(16-4)11(13)8(7)2/h5,10,14-15H,6H2,1-4H3. The van der Waals surface area contributed by atoms with E-state index in [1.807, 2.05) is 27.0 Å². The van der Waals surface area contributed by atoms with Crippen LogP contribution in [0.3, 0.4) is 0 Å². The number of halogens is 1. The average Bonchev–Trinajstić information content (AvgIpc) is 2.26. The number of hydrogen-bond donors (Lipinski definition) is 2. The molecular weight excluding hydrogens is 270 g/mol. The molecule has 0 bridgehead atoms. The summed E-state index contributed by atoms with van der Waals surface area (Å²) in [7, 11) is 3.43. The van der Waals surface area contributed by atoms with Gasteiger partial charge in [-0.2, -0.15) is 0 Å². The molecular formula is C12H18BrNO2. The zero-order valence-corrected chi connectivity index (χ0v) is 11.7. The van der Waals surface area contributed by atoms with Crippen LogP contribution in [0.1, 0.15) is 22.8 Å². The molecule has 3 nitrogen and oxygen atoms in total. The van der Waals surface area contributed by atoms with E-state index >= 15 is 0 Å². The molecule has 0 saturated heterocycles. The van der Waals surface area contributed by atoms with Crippen molar-refractivity contribution in [2.45, 2.75) is 20.0 Å². The van der Waals surface area contributed by atoms with Crippen molar-refractivity contribution in [1.82, 2.24) is 5.32 Å². The number of ether oxygens (including phenoxy) is 1. The number of rotatable bonds is 4. The van der Waals surface area contributed by atoms with Crippen molar-refractivity contribution in [3.8, 4) is 5.75 Å². The summed E-state index contributed by atoms with van der Waals surface area (Å²) in [5.41, 5.74) is 3.09. The van der Waals surface area contributed by atoms with Crippen molar-refractivity contribution in [3.63, 3.8) is 0 Å². The Bertz CT molecular complexity index is 380. The monoisotopic (exact) mass is 287 g/mol. The van der Waals surface area contributed by atoms with Crippen LogP contribution in [-0.2, 0) is 0 Å². The Kier molecular flexibility index (Phi) is 4.77. The Hall–Kier alpha value is -0.580. The fraction of sp³-hybridized carbons (Fsp3) is 0.500. The van der Waals surface area contributed by atoms with Crippen LogP contribution >= 0.6 is 15.9 Å². The van der Waals surface area contributed by atoms with Gasteiger partial charge in [0.2, 0.25) is 0 Å². The number of likely N-dealkylation sites (N-methyl/N-ethyl adjacent to an activating group) is 1. The highest BCUT2D eigenvalue weighted by Crippen LogP contribution is 2.37. The summed E-state index contributed by atoms with van der Waals surface area (Å²) in [6, 6.07) is 1.97. The van der Waals surface area contributed by atoms with Gasteiger partial charge in [0.05, 0.1) is 17.7 Å². The number of aryl methyl sites for hydroxylation is 1. The van der Waals surface area contributed by atoms with E-state index in [2.05, 4.69) is 21.2 Å². The van der Waals surface area contributed by atoms with Gasteiger partial charge in [0.25, 0.3) is 0 Å². The zero-order valence-electron chi connectivity index (χ0n) is 10.1. The third kappa shape index (κ3) is 2.56. The minimum absolute atomic E-state index is 0.505. The van der Waals surface area contributed by atoms with Gasteiger partial charge in [0.1, 0.15) is 5.75 Å². The van der Waals surface area contributed by atoms with E-state index in [0.29, 0.717) is 12.3 Å². The minimum atomic E-state index is -0.560. The van der Waals surface area contributed by atoms with Crippen LogP contribution in [0.25, 0.3) is 0 Å². The number of aliphatic hydroxyl groups is 1. The van der Waals surface area contributed by atoms with E-state index in [1.165, 1.54) is 0 Å². The van der Waals surface area contributed by atoms with Crippen molar-refractivity contribution in [1.29, 1.82) is 0 Å². The highest BCUT2D eigenvalue weighted by Gasteiger charge is 2.18. The molecule has 0 aliphatic rings. The normalized spacial score (nSPS) is 12.6. The average molecular weight is 288 g/mol. The van der Waals surface area contributed by atoms with Crippen molar-refractivity contribution in [2.24, 2.45) is 0 Å². The third-order valence-electron chi connectivity index (χ3n) is 2.71. The van der Waals surface area contributed by atoms with Crippen LogP contribution in [0.15, 0.2) is 10.5 Å². The number of nitrogens with one attached hydrogen (secondary N) is 1. The lowest BCUT2D eigenvalue weighted by Crippen LogP contribution is -2.17. The van der Waals surface area contributed by atoms with E-state index in [9.17, 15) is 5.11 Å². The van der Waals surface area contributed by atoms with E-state index in [0.717, 1.165) is 21.2 Å². The molecule has 0 heterocycles. The summed E-state index contributed by atoms with van der Waals surface area (Å²) >= 11 is 3.50. The van der Waals surface area contributed by atoms with Gasteiger partial charge >= 0.3 is 0 Å². The van der Waals surface area contributed by atoms with E-state index in [1.54, 1.807) is 7.11 Å². The molecule has 0 radical (unpaired) electrons. The number of hydrogen-bond acceptors (Lipinski definition) is 3. The van der Waals surface area contributed by atoms with Crippen LogP contribution in [0, 0.1) is 13.8 Å². The Morgan fingerprint density at radius 3 is 2.62 bits per heavy atom. The maximum absolute atomic E-state index is 10.0. The number of aliphatic hydroxyl groups excluding tert-OH is 1. The van der Waals surface area contributed by atoms with Gasteiger partial charge < -0.3 is 15.2 Å². The topological polar surface area (TPSA) is 41.5 Å². The summed E-state index contributed by atoms with van der Waals surface area (Å²) in [6.07, 6.45) is -0.560.